The van der Waals surface area contributed by atoms with Crippen LogP contribution in [0.15, 0.2) is 48.7 Å². The Morgan fingerprint density at radius 3 is 2.71 bits per heavy atom. The molecule has 5 rings (SSSR count). The van der Waals surface area contributed by atoms with Gasteiger partial charge in [-0.15, -0.1) is 0 Å². The number of hydrogen-bond donors (Lipinski definition) is 2. The monoisotopic (exact) mass is 482 g/mol. The van der Waals surface area contributed by atoms with Crippen molar-refractivity contribution in [3.63, 3.8) is 0 Å². The first kappa shape index (κ1) is 22.7. The highest BCUT2D eigenvalue weighted by atomic mass is 35.5. The van der Waals surface area contributed by atoms with Crippen molar-refractivity contribution < 1.29 is 8.78 Å². The zero-order valence-corrected chi connectivity index (χ0v) is 19.3. The van der Waals surface area contributed by atoms with Gasteiger partial charge in [0.1, 0.15) is 23.0 Å². The summed E-state index contributed by atoms with van der Waals surface area (Å²) in [5.41, 5.74) is 2.46. The van der Waals surface area contributed by atoms with Gasteiger partial charge in [0.2, 0.25) is 5.95 Å². The molecule has 1 saturated heterocycles. The molecule has 2 N–H and O–H groups in total. The van der Waals surface area contributed by atoms with Crippen LogP contribution in [0, 0.1) is 17.6 Å². The molecule has 0 bridgehead atoms. The Labute approximate surface area is 201 Å². The van der Waals surface area contributed by atoms with Crippen molar-refractivity contribution in [3.8, 4) is 11.4 Å². The highest BCUT2D eigenvalue weighted by molar-refractivity contribution is 6.33. The van der Waals surface area contributed by atoms with E-state index in [0.29, 0.717) is 51.5 Å². The number of aryl methyl sites for hydroxylation is 1. The fourth-order valence-corrected chi connectivity index (χ4v) is 4.64. The maximum absolute atomic E-state index is 14.0. The number of piperidine rings is 1. The van der Waals surface area contributed by atoms with Crippen molar-refractivity contribution in [2.45, 2.75) is 32.4 Å². The molecule has 0 unspecified atom stereocenters. The fourth-order valence-electron chi connectivity index (χ4n) is 4.39. The normalized spacial score (nSPS) is 14.6. The van der Waals surface area contributed by atoms with Crippen molar-refractivity contribution in [2.24, 2.45) is 5.92 Å². The predicted molar refractivity (Wildman–Crippen MR) is 130 cm³/mol. The third kappa shape index (κ3) is 4.88. The minimum atomic E-state index is -0.398. The van der Waals surface area contributed by atoms with E-state index in [0.717, 1.165) is 32.4 Å². The lowest BCUT2D eigenvalue weighted by Gasteiger charge is -2.23. The van der Waals surface area contributed by atoms with E-state index >= 15 is 0 Å². The predicted octanol–water partition coefficient (Wildman–Crippen LogP) is 5.43. The van der Waals surface area contributed by atoms with Gasteiger partial charge in [0.15, 0.2) is 5.65 Å². The molecule has 1 aliphatic heterocycles. The average molecular weight is 483 g/mol. The number of rotatable bonds is 7. The molecule has 34 heavy (non-hydrogen) atoms. The van der Waals surface area contributed by atoms with Gasteiger partial charge in [-0.3, -0.25) is 0 Å². The van der Waals surface area contributed by atoms with E-state index in [-0.39, 0.29) is 12.4 Å². The summed E-state index contributed by atoms with van der Waals surface area (Å²) in [4.78, 5) is 13.8. The third-order valence-electron chi connectivity index (χ3n) is 6.27. The number of anilines is 1. The van der Waals surface area contributed by atoms with E-state index in [1.54, 1.807) is 30.5 Å². The molecular weight excluding hydrogens is 458 g/mol. The zero-order valence-electron chi connectivity index (χ0n) is 18.6. The minimum absolute atomic E-state index is 0.262. The quantitative estimate of drug-likeness (QED) is 0.368. The first-order valence-electron chi connectivity index (χ1n) is 11.4. The smallest absolute Gasteiger partial charge is 0.225 e. The first-order valence-corrected chi connectivity index (χ1v) is 11.8. The van der Waals surface area contributed by atoms with Crippen molar-refractivity contribution in [3.05, 3.63) is 70.9 Å². The lowest BCUT2D eigenvalue weighted by atomic mass is 9.95. The van der Waals surface area contributed by atoms with Crippen molar-refractivity contribution >= 4 is 28.7 Å². The standard InChI is InChI=1S/C25H25ClF2N6/c26-20-13-18(27)5-6-19(20)23-32-22-15-31-25(30-14-17-3-1-2-4-21(17)28)33-24(22)34(23)12-9-16-7-10-29-11-8-16/h1-6,13,15-16,29H,7-12,14H2,(H,30,31,33). The van der Waals surface area contributed by atoms with Gasteiger partial charge < -0.3 is 15.2 Å². The van der Waals surface area contributed by atoms with Crippen LogP contribution >= 0.6 is 11.6 Å². The van der Waals surface area contributed by atoms with Gasteiger partial charge in [-0.2, -0.15) is 4.98 Å². The third-order valence-corrected chi connectivity index (χ3v) is 6.59. The van der Waals surface area contributed by atoms with Crippen LogP contribution in [0.3, 0.4) is 0 Å². The highest BCUT2D eigenvalue weighted by Gasteiger charge is 2.20. The number of hydrogen-bond acceptors (Lipinski definition) is 5. The number of halogens is 3. The molecule has 2 aromatic carbocycles. The van der Waals surface area contributed by atoms with Crippen LogP contribution in [0.2, 0.25) is 5.02 Å². The van der Waals surface area contributed by atoms with Gasteiger partial charge in [0, 0.05) is 24.2 Å². The summed E-state index contributed by atoms with van der Waals surface area (Å²) in [6.07, 6.45) is 4.88. The Balaban J connectivity index is 1.49. The van der Waals surface area contributed by atoms with E-state index in [1.165, 1.54) is 18.2 Å². The Morgan fingerprint density at radius 2 is 1.91 bits per heavy atom. The number of nitrogens with zero attached hydrogens (tertiary/aromatic N) is 4. The molecule has 1 aliphatic rings. The molecule has 1 fully saturated rings. The van der Waals surface area contributed by atoms with Crippen molar-refractivity contribution in [1.82, 2.24) is 24.8 Å². The Morgan fingerprint density at radius 1 is 1.09 bits per heavy atom. The molecule has 6 nitrogen and oxygen atoms in total. The number of benzene rings is 2. The van der Waals surface area contributed by atoms with Crippen LogP contribution in [0.4, 0.5) is 14.7 Å². The van der Waals surface area contributed by atoms with Gasteiger partial charge in [0.05, 0.1) is 11.2 Å². The second kappa shape index (κ2) is 10.0. The van der Waals surface area contributed by atoms with E-state index < -0.39 is 5.82 Å². The molecule has 176 valence electrons. The van der Waals surface area contributed by atoms with E-state index in [4.69, 9.17) is 21.6 Å². The SMILES string of the molecule is Fc1ccc(-c2nc3cnc(NCc4ccccc4F)nc3n2CCC2CCNCC2)c(Cl)c1. The van der Waals surface area contributed by atoms with Crippen LogP contribution < -0.4 is 10.6 Å². The van der Waals surface area contributed by atoms with Gasteiger partial charge in [-0.25, -0.2) is 18.7 Å². The topological polar surface area (TPSA) is 67.7 Å². The Bertz CT molecular complexity index is 1300. The molecule has 4 aromatic rings. The molecule has 0 spiro atoms. The van der Waals surface area contributed by atoms with Crippen LogP contribution in [0.25, 0.3) is 22.6 Å². The molecule has 2 aromatic heterocycles. The van der Waals surface area contributed by atoms with E-state index in [9.17, 15) is 8.78 Å². The number of fused-ring (bicyclic) bond motifs is 1. The number of imidazole rings is 1. The summed E-state index contributed by atoms with van der Waals surface area (Å²) < 4.78 is 29.7. The summed E-state index contributed by atoms with van der Waals surface area (Å²) in [5.74, 6) is 0.947. The average Bonchev–Trinajstić information content (AvgIpc) is 3.20. The number of aromatic nitrogens is 4. The van der Waals surface area contributed by atoms with Gasteiger partial charge in [0.25, 0.3) is 0 Å². The number of nitrogens with one attached hydrogen (secondary N) is 2. The largest absolute Gasteiger partial charge is 0.350 e. The lowest BCUT2D eigenvalue weighted by Crippen LogP contribution is -2.28. The summed E-state index contributed by atoms with van der Waals surface area (Å²) in [6.45, 7) is 3.02. The molecule has 3 heterocycles. The van der Waals surface area contributed by atoms with Gasteiger partial charge in [-0.05, 0) is 62.5 Å². The minimum Gasteiger partial charge on any atom is -0.350 e. The Hall–Kier alpha value is -3.10. The van der Waals surface area contributed by atoms with Crippen molar-refractivity contribution in [2.75, 3.05) is 18.4 Å². The fraction of sp³-hybridized carbons (Fsp3) is 0.320. The Kier molecular flexibility index (Phi) is 6.69. The summed E-state index contributed by atoms with van der Waals surface area (Å²) in [7, 11) is 0. The first-order chi connectivity index (χ1) is 16.6. The molecule has 9 heteroatoms. The highest BCUT2D eigenvalue weighted by Crippen LogP contribution is 2.31. The van der Waals surface area contributed by atoms with Crippen molar-refractivity contribution in [1.29, 1.82) is 0 Å². The van der Waals surface area contributed by atoms with E-state index in [2.05, 4.69) is 15.6 Å². The van der Waals surface area contributed by atoms with Crippen LogP contribution in [-0.4, -0.2) is 32.6 Å². The lowest BCUT2D eigenvalue weighted by molar-refractivity contribution is 0.339. The molecular formula is C25H25ClF2N6. The van der Waals surface area contributed by atoms with E-state index in [1.807, 2.05) is 4.57 Å². The van der Waals surface area contributed by atoms with Crippen LogP contribution in [0.1, 0.15) is 24.8 Å². The van der Waals surface area contributed by atoms with Crippen LogP contribution in [0.5, 0.6) is 0 Å². The molecule has 0 radical (unpaired) electrons. The summed E-state index contributed by atoms with van der Waals surface area (Å²) in [5, 5.41) is 6.80. The second-order valence-corrected chi connectivity index (χ2v) is 8.95. The van der Waals surface area contributed by atoms with Gasteiger partial charge in [-0.1, -0.05) is 29.8 Å². The van der Waals surface area contributed by atoms with Gasteiger partial charge >= 0.3 is 0 Å². The summed E-state index contributed by atoms with van der Waals surface area (Å²) >= 11 is 6.39. The maximum Gasteiger partial charge on any atom is 0.225 e. The molecule has 0 aliphatic carbocycles. The maximum atomic E-state index is 14.0. The molecule has 0 amide bonds. The summed E-state index contributed by atoms with van der Waals surface area (Å²) in [6, 6.07) is 10.9. The molecule has 0 saturated carbocycles. The zero-order chi connectivity index (χ0) is 23.5. The second-order valence-electron chi connectivity index (χ2n) is 8.54. The van der Waals surface area contributed by atoms with Crippen LogP contribution in [-0.2, 0) is 13.1 Å². The molecule has 0 atom stereocenters.